The van der Waals surface area contributed by atoms with Crippen LogP contribution in [-0.4, -0.2) is 72.5 Å². The highest BCUT2D eigenvalue weighted by Gasteiger charge is 2.55. The first-order chi connectivity index (χ1) is 17.4. The number of fused-ring (bicyclic) bond motifs is 5. The molecule has 4 aliphatic rings. The summed E-state index contributed by atoms with van der Waals surface area (Å²) in [6, 6.07) is 5.31. The standard InChI is InChI=1S/C25H31FN8O2/c1-33-2-4-34(5-3-33)17-8-14-7-16(10-17)30-25-29-12-19(26)23(32-25)31-21-18-9-13(20(21)22(27)35)6-15(18)11-28-24(14)36/h7-8,10,12-13,15,18,20-21H,2-6,9,11H2,1H3,(H2,27,35)(H,28,36)(H2,29,30,31,32)/t13-,15+,18-,20+,21-/m1/s1. The number of anilines is 4. The van der Waals surface area contributed by atoms with Crippen LogP contribution in [0.1, 0.15) is 23.2 Å². The Kier molecular flexibility index (Phi) is 5.66. The molecule has 5 atom stereocenters. The van der Waals surface area contributed by atoms with Crippen LogP contribution in [0, 0.1) is 29.5 Å². The summed E-state index contributed by atoms with van der Waals surface area (Å²) in [5, 5.41) is 9.45. The molecule has 3 fully saturated rings. The fourth-order valence-corrected chi connectivity index (χ4v) is 6.54. The van der Waals surface area contributed by atoms with Crippen LogP contribution in [-0.2, 0) is 4.79 Å². The lowest BCUT2D eigenvalue weighted by molar-refractivity contribution is -0.123. The quantitative estimate of drug-likeness (QED) is 0.493. The van der Waals surface area contributed by atoms with E-state index >= 15 is 0 Å². The van der Waals surface area contributed by atoms with Crippen molar-refractivity contribution in [2.24, 2.45) is 29.4 Å². The van der Waals surface area contributed by atoms with Gasteiger partial charge in [-0.3, -0.25) is 9.59 Å². The molecule has 2 aliphatic carbocycles. The number of aromatic nitrogens is 2. The van der Waals surface area contributed by atoms with Crippen LogP contribution < -0.4 is 26.6 Å². The van der Waals surface area contributed by atoms with Crippen molar-refractivity contribution >= 4 is 35.0 Å². The number of carbonyl (C=O) groups is 2. The first kappa shape index (κ1) is 23.0. The average molecular weight is 495 g/mol. The molecule has 11 heteroatoms. The van der Waals surface area contributed by atoms with Crippen molar-refractivity contribution < 1.29 is 14.0 Å². The highest BCUT2D eigenvalue weighted by molar-refractivity contribution is 5.96. The predicted molar refractivity (Wildman–Crippen MR) is 134 cm³/mol. The summed E-state index contributed by atoms with van der Waals surface area (Å²) >= 11 is 0. The minimum absolute atomic E-state index is 0.0478. The van der Waals surface area contributed by atoms with Gasteiger partial charge in [0.15, 0.2) is 11.6 Å². The van der Waals surface area contributed by atoms with E-state index in [0.29, 0.717) is 17.8 Å². The number of halogens is 1. The molecule has 10 nitrogen and oxygen atoms in total. The van der Waals surface area contributed by atoms with Crippen molar-refractivity contribution in [2.75, 3.05) is 55.3 Å². The number of rotatable bonds is 2. The maximum Gasteiger partial charge on any atom is 0.251 e. The average Bonchev–Trinajstić information content (AvgIpc) is 3.42. The topological polar surface area (TPSA) is 129 Å². The zero-order chi connectivity index (χ0) is 25.0. The second-order valence-corrected chi connectivity index (χ2v) is 10.5. The number of likely N-dealkylation sites (N-methyl/N-ethyl adjacent to an activating group) is 1. The fourth-order valence-electron chi connectivity index (χ4n) is 6.54. The van der Waals surface area contributed by atoms with E-state index < -0.39 is 11.7 Å². The molecule has 6 rings (SSSR count). The lowest BCUT2D eigenvalue weighted by Crippen LogP contribution is -2.47. The molecule has 1 aromatic heterocycles. The highest BCUT2D eigenvalue weighted by Crippen LogP contribution is 2.52. The Morgan fingerprint density at radius 3 is 2.72 bits per heavy atom. The molecule has 36 heavy (non-hydrogen) atoms. The molecule has 2 amide bonds. The number of carbonyl (C=O) groups excluding carboxylic acids is 2. The number of benzene rings is 1. The van der Waals surface area contributed by atoms with Gasteiger partial charge in [-0.15, -0.1) is 0 Å². The normalized spacial score (nSPS) is 29.7. The molecule has 190 valence electrons. The van der Waals surface area contributed by atoms with Crippen molar-refractivity contribution in [2.45, 2.75) is 18.9 Å². The molecule has 1 aromatic carbocycles. The van der Waals surface area contributed by atoms with E-state index in [0.717, 1.165) is 50.9 Å². The molecule has 1 saturated heterocycles. The summed E-state index contributed by atoms with van der Waals surface area (Å²) in [5.41, 5.74) is 7.87. The van der Waals surface area contributed by atoms with E-state index in [1.807, 2.05) is 12.1 Å². The van der Waals surface area contributed by atoms with E-state index in [4.69, 9.17) is 5.73 Å². The Morgan fingerprint density at radius 1 is 1.14 bits per heavy atom. The first-order valence-electron chi connectivity index (χ1n) is 12.6. The summed E-state index contributed by atoms with van der Waals surface area (Å²) in [5.74, 6) is -0.927. The van der Waals surface area contributed by atoms with Gasteiger partial charge in [0.25, 0.3) is 5.91 Å². The maximum absolute atomic E-state index is 14.8. The summed E-state index contributed by atoms with van der Waals surface area (Å²) in [6.45, 7) is 4.08. The van der Waals surface area contributed by atoms with Crippen LogP contribution in [0.3, 0.4) is 0 Å². The molecular formula is C25H31FN8O2. The minimum atomic E-state index is -0.588. The SMILES string of the molecule is CN1CCN(c2cc3cc(c2)C(=O)NC[C@@H]2C[C@@H]4C[C@H]2[C@@H](Nc2nc(ncc2F)N3)[C@H]4C(N)=O)CC1. The Bertz CT molecular complexity index is 1200. The fraction of sp³-hybridized carbons (Fsp3) is 0.520. The lowest BCUT2D eigenvalue weighted by Gasteiger charge is -2.35. The van der Waals surface area contributed by atoms with Crippen molar-refractivity contribution in [3.8, 4) is 0 Å². The predicted octanol–water partition coefficient (Wildman–Crippen LogP) is 1.39. The van der Waals surface area contributed by atoms with E-state index in [1.54, 1.807) is 6.07 Å². The van der Waals surface area contributed by atoms with Gasteiger partial charge in [-0.25, -0.2) is 9.37 Å². The van der Waals surface area contributed by atoms with Gasteiger partial charge in [0.2, 0.25) is 11.9 Å². The third-order valence-corrected chi connectivity index (χ3v) is 8.35. The molecule has 2 aromatic rings. The third kappa shape index (κ3) is 4.11. The molecular weight excluding hydrogens is 463 g/mol. The maximum atomic E-state index is 14.8. The van der Waals surface area contributed by atoms with Crippen LogP contribution >= 0.6 is 0 Å². The van der Waals surface area contributed by atoms with Gasteiger partial charge in [0.05, 0.1) is 12.1 Å². The van der Waals surface area contributed by atoms with Gasteiger partial charge in [0.1, 0.15) is 0 Å². The van der Waals surface area contributed by atoms with Crippen LogP contribution in [0.25, 0.3) is 0 Å². The van der Waals surface area contributed by atoms with Crippen molar-refractivity contribution in [1.29, 1.82) is 0 Å². The Hall–Kier alpha value is -3.47. The van der Waals surface area contributed by atoms with Gasteiger partial charge in [0, 0.05) is 55.7 Å². The first-order valence-corrected chi connectivity index (χ1v) is 12.6. The lowest BCUT2D eigenvalue weighted by atomic mass is 9.77. The van der Waals surface area contributed by atoms with Crippen molar-refractivity contribution in [3.63, 3.8) is 0 Å². The minimum Gasteiger partial charge on any atom is -0.369 e. The number of primary amides is 1. The second kappa shape index (κ2) is 8.88. The Labute approximate surface area is 208 Å². The third-order valence-electron chi connectivity index (χ3n) is 8.35. The Balaban J connectivity index is 1.38. The van der Waals surface area contributed by atoms with Gasteiger partial charge < -0.3 is 31.5 Å². The van der Waals surface area contributed by atoms with E-state index in [1.165, 1.54) is 0 Å². The van der Waals surface area contributed by atoms with E-state index in [2.05, 4.69) is 42.8 Å². The zero-order valence-corrected chi connectivity index (χ0v) is 20.2. The number of hydrogen-bond acceptors (Lipinski definition) is 8. The van der Waals surface area contributed by atoms with Crippen LogP contribution in [0.4, 0.5) is 27.5 Å². The van der Waals surface area contributed by atoms with Crippen LogP contribution in [0.2, 0.25) is 0 Å². The van der Waals surface area contributed by atoms with E-state index in [9.17, 15) is 14.0 Å². The smallest absolute Gasteiger partial charge is 0.251 e. The molecule has 0 radical (unpaired) electrons. The second-order valence-electron chi connectivity index (χ2n) is 10.5. The zero-order valence-electron chi connectivity index (χ0n) is 20.2. The van der Waals surface area contributed by atoms with Gasteiger partial charge in [-0.05, 0) is 55.8 Å². The number of piperazine rings is 1. The summed E-state index contributed by atoms with van der Waals surface area (Å²) in [6.07, 6.45) is 2.74. The van der Waals surface area contributed by atoms with Crippen molar-refractivity contribution in [3.05, 3.63) is 35.8 Å². The van der Waals surface area contributed by atoms with Crippen LogP contribution in [0.5, 0.6) is 0 Å². The van der Waals surface area contributed by atoms with Gasteiger partial charge in [-0.1, -0.05) is 0 Å². The number of hydrogen-bond donors (Lipinski definition) is 4. The number of nitrogens with zero attached hydrogens (tertiary/aromatic N) is 4. The summed E-state index contributed by atoms with van der Waals surface area (Å²) in [4.78, 5) is 38.6. The summed E-state index contributed by atoms with van der Waals surface area (Å²) < 4.78 is 14.8. The molecule has 5 N–H and O–H groups in total. The molecule has 3 heterocycles. The van der Waals surface area contributed by atoms with Crippen molar-refractivity contribution in [1.82, 2.24) is 20.2 Å². The van der Waals surface area contributed by atoms with E-state index in [-0.39, 0.29) is 47.4 Å². The molecule has 0 unspecified atom stereocenters. The Morgan fingerprint density at radius 2 is 1.94 bits per heavy atom. The monoisotopic (exact) mass is 494 g/mol. The number of nitrogens with one attached hydrogen (secondary N) is 3. The highest BCUT2D eigenvalue weighted by atomic mass is 19.1. The number of nitrogens with two attached hydrogens (primary N) is 1. The molecule has 2 aliphatic heterocycles. The molecule has 6 bridgehead atoms. The van der Waals surface area contributed by atoms with Gasteiger partial charge in [-0.2, -0.15) is 4.98 Å². The van der Waals surface area contributed by atoms with Gasteiger partial charge >= 0.3 is 0 Å². The molecule has 0 spiro atoms. The number of amides is 2. The van der Waals surface area contributed by atoms with Crippen LogP contribution in [0.15, 0.2) is 24.4 Å². The summed E-state index contributed by atoms with van der Waals surface area (Å²) in [7, 11) is 2.10. The molecule has 2 saturated carbocycles. The largest absolute Gasteiger partial charge is 0.369 e.